The summed E-state index contributed by atoms with van der Waals surface area (Å²) in [6.07, 6.45) is 5.46. The summed E-state index contributed by atoms with van der Waals surface area (Å²) in [5, 5.41) is 2.51. The molecule has 3 aliphatic rings. The summed E-state index contributed by atoms with van der Waals surface area (Å²) in [4.78, 5) is 37.0. The van der Waals surface area contributed by atoms with E-state index in [0.717, 1.165) is 44.2 Å². The number of benzene rings is 2. The largest absolute Gasteiger partial charge is 0.461 e. The van der Waals surface area contributed by atoms with Gasteiger partial charge in [-0.1, -0.05) is 41.9 Å². The molecule has 1 amide bonds. The summed E-state index contributed by atoms with van der Waals surface area (Å²) in [7, 11) is 0. The maximum Gasteiger partial charge on any atom is 0.410 e. The molecule has 0 bridgehead atoms. The minimum atomic E-state index is -0.672. The van der Waals surface area contributed by atoms with Crippen molar-refractivity contribution in [1.29, 1.82) is 0 Å². The van der Waals surface area contributed by atoms with E-state index in [4.69, 9.17) is 32.6 Å². The molecule has 2 aromatic carbocycles. The van der Waals surface area contributed by atoms with Crippen LogP contribution in [0.4, 0.5) is 15.0 Å². The first-order valence-corrected chi connectivity index (χ1v) is 16.9. The number of hydrogen-bond acceptors (Lipinski definition) is 8. The van der Waals surface area contributed by atoms with Gasteiger partial charge in [0.1, 0.15) is 35.3 Å². The summed E-state index contributed by atoms with van der Waals surface area (Å²) in [6.45, 7) is 16.6. The van der Waals surface area contributed by atoms with E-state index in [1.165, 1.54) is 0 Å². The standard InChI is InChI=1S/C36H39ClFN7O3/c1-35(2,3)48-34(46)45-18-17-43(21-24(45)19-39-4)32-26-20-40-30(25-11-5-9-23-10-6-12-27(37)28(23)25)29(38)31(26)41-33(42-32)47-22-36-13-7-15-44(36)16-8-14-36/h5-6,9-12,20,24H,7-8,13-19,21-22H2,1-3H3/t24-/m0/s1. The van der Waals surface area contributed by atoms with Gasteiger partial charge in [-0.3, -0.25) is 14.8 Å². The topological polar surface area (TPSA) is 88.3 Å². The highest BCUT2D eigenvalue weighted by molar-refractivity contribution is 6.36. The fraction of sp³-hybridized carbons (Fsp3) is 0.472. The molecule has 3 aliphatic heterocycles. The Kier molecular flexibility index (Phi) is 8.50. The number of aromatic nitrogens is 3. The highest BCUT2D eigenvalue weighted by Crippen LogP contribution is 2.40. The smallest absolute Gasteiger partial charge is 0.410 e. The Labute approximate surface area is 284 Å². The lowest BCUT2D eigenvalue weighted by atomic mass is 9.95. The van der Waals surface area contributed by atoms with Crippen LogP contribution in [0.3, 0.4) is 0 Å². The van der Waals surface area contributed by atoms with Crippen LogP contribution in [0.15, 0.2) is 42.6 Å². The Morgan fingerprint density at radius 2 is 1.85 bits per heavy atom. The zero-order valence-corrected chi connectivity index (χ0v) is 28.3. The number of rotatable bonds is 6. The van der Waals surface area contributed by atoms with Crippen molar-refractivity contribution in [2.45, 2.75) is 63.6 Å². The number of carbonyl (C=O) groups is 1. The molecule has 1 atom stereocenters. The summed E-state index contributed by atoms with van der Waals surface area (Å²) in [6, 6.07) is 10.8. The zero-order chi connectivity index (χ0) is 33.6. The van der Waals surface area contributed by atoms with Crippen molar-refractivity contribution in [3.05, 3.63) is 64.9 Å². The average Bonchev–Trinajstić information content (AvgIpc) is 3.64. The first kappa shape index (κ1) is 32.3. The fourth-order valence-corrected chi connectivity index (χ4v) is 7.82. The molecule has 48 heavy (non-hydrogen) atoms. The number of piperazine rings is 1. The highest BCUT2D eigenvalue weighted by atomic mass is 35.5. The van der Waals surface area contributed by atoms with Crippen LogP contribution in [0.1, 0.15) is 46.5 Å². The molecule has 5 heterocycles. The minimum absolute atomic E-state index is 0.0557. The molecule has 4 aromatic rings. The molecule has 0 spiro atoms. The number of nitrogens with zero attached hydrogens (tertiary/aromatic N) is 7. The van der Waals surface area contributed by atoms with Gasteiger partial charge in [0, 0.05) is 41.8 Å². The quantitative estimate of drug-likeness (QED) is 0.203. The Bertz CT molecular complexity index is 1910. The number of anilines is 1. The van der Waals surface area contributed by atoms with Gasteiger partial charge in [0.15, 0.2) is 5.82 Å². The van der Waals surface area contributed by atoms with Crippen molar-refractivity contribution in [3.63, 3.8) is 0 Å². The van der Waals surface area contributed by atoms with Gasteiger partial charge < -0.3 is 19.2 Å². The molecule has 0 saturated carbocycles. The normalized spacial score (nSPS) is 19.5. The number of ether oxygens (including phenoxy) is 2. The first-order valence-electron chi connectivity index (χ1n) is 16.6. The summed E-state index contributed by atoms with van der Waals surface area (Å²) >= 11 is 6.63. The third kappa shape index (κ3) is 5.96. The van der Waals surface area contributed by atoms with E-state index in [9.17, 15) is 4.79 Å². The summed E-state index contributed by atoms with van der Waals surface area (Å²) < 4.78 is 28.9. The second kappa shape index (κ2) is 12.6. The third-order valence-corrected chi connectivity index (χ3v) is 10.1. The van der Waals surface area contributed by atoms with Crippen molar-refractivity contribution < 1.29 is 18.7 Å². The minimum Gasteiger partial charge on any atom is -0.461 e. The van der Waals surface area contributed by atoms with Gasteiger partial charge >= 0.3 is 12.1 Å². The van der Waals surface area contributed by atoms with E-state index in [1.807, 2.05) is 56.0 Å². The number of fused-ring (bicyclic) bond motifs is 3. The molecule has 12 heteroatoms. The van der Waals surface area contributed by atoms with Crippen molar-refractivity contribution in [3.8, 4) is 17.3 Å². The number of hydrogen-bond donors (Lipinski definition) is 0. The third-order valence-electron chi connectivity index (χ3n) is 9.75. The first-order chi connectivity index (χ1) is 23.1. The van der Waals surface area contributed by atoms with Gasteiger partial charge in [0.2, 0.25) is 6.54 Å². The van der Waals surface area contributed by atoms with E-state index >= 15 is 4.39 Å². The van der Waals surface area contributed by atoms with Crippen LogP contribution < -0.4 is 9.64 Å². The van der Waals surface area contributed by atoms with Crippen molar-refractivity contribution in [1.82, 2.24) is 24.8 Å². The number of pyridine rings is 1. The predicted octanol–water partition coefficient (Wildman–Crippen LogP) is 6.99. The van der Waals surface area contributed by atoms with Crippen molar-refractivity contribution in [2.24, 2.45) is 0 Å². The van der Waals surface area contributed by atoms with Gasteiger partial charge in [0.05, 0.1) is 10.9 Å². The number of halogens is 2. The summed E-state index contributed by atoms with van der Waals surface area (Å²) in [5.41, 5.74) is 0.0606. The Hall–Kier alpha value is -4.27. The van der Waals surface area contributed by atoms with Gasteiger partial charge in [-0.15, -0.1) is 0 Å². The molecule has 0 radical (unpaired) electrons. The fourth-order valence-electron chi connectivity index (χ4n) is 7.54. The molecule has 10 nitrogen and oxygen atoms in total. The Balaban J connectivity index is 1.30. The highest BCUT2D eigenvalue weighted by Gasteiger charge is 2.45. The van der Waals surface area contributed by atoms with E-state index in [1.54, 1.807) is 17.2 Å². The SMILES string of the molecule is [C-]#[N+]C[C@H]1CN(c2nc(OCC34CCCN3CCC4)nc3c(F)c(-c4cccc5cccc(Cl)c45)ncc23)CCN1C(=O)OC(C)(C)C. The predicted molar refractivity (Wildman–Crippen MR) is 184 cm³/mol. The van der Waals surface area contributed by atoms with E-state index in [2.05, 4.69) is 19.7 Å². The lowest BCUT2D eigenvalue weighted by Gasteiger charge is -2.40. The maximum absolute atomic E-state index is 16.8. The van der Waals surface area contributed by atoms with Gasteiger partial charge in [-0.25, -0.2) is 15.8 Å². The lowest BCUT2D eigenvalue weighted by Crippen LogP contribution is -2.57. The molecular formula is C36H39ClFN7O3. The van der Waals surface area contributed by atoms with Crippen LogP contribution in [0.25, 0.3) is 37.8 Å². The van der Waals surface area contributed by atoms with Gasteiger partial charge in [-0.2, -0.15) is 9.97 Å². The van der Waals surface area contributed by atoms with Gasteiger partial charge in [-0.05, 0) is 71.0 Å². The number of amides is 1. The van der Waals surface area contributed by atoms with Crippen LogP contribution in [-0.2, 0) is 4.74 Å². The lowest BCUT2D eigenvalue weighted by molar-refractivity contribution is 0.0155. The van der Waals surface area contributed by atoms with Crippen molar-refractivity contribution in [2.75, 3.05) is 50.8 Å². The van der Waals surface area contributed by atoms with Crippen LogP contribution in [0.5, 0.6) is 6.01 Å². The molecule has 3 saturated heterocycles. The van der Waals surface area contributed by atoms with E-state index in [-0.39, 0.29) is 29.3 Å². The molecule has 3 fully saturated rings. The number of carbonyl (C=O) groups excluding carboxylic acids is 1. The van der Waals surface area contributed by atoms with Crippen LogP contribution in [0.2, 0.25) is 5.02 Å². The van der Waals surface area contributed by atoms with E-state index < -0.39 is 23.6 Å². The molecule has 0 N–H and O–H groups in total. The van der Waals surface area contributed by atoms with Gasteiger partial charge in [0.25, 0.3) is 0 Å². The molecule has 0 unspecified atom stereocenters. The Morgan fingerprint density at radius 3 is 2.58 bits per heavy atom. The van der Waals surface area contributed by atoms with Crippen LogP contribution >= 0.6 is 11.6 Å². The monoisotopic (exact) mass is 671 g/mol. The summed E-state index contributed by atoms with van der Waals surface area (Å²) in [5.74, 6) is -0.144. The molecular weight excluding hydrogens is 633 g/mol. The molecule has 7 rings (SSSR count). The second-order valence-corrected chi connectivity index (χ2v) is 14.4. The molecule has 250 valence electrons. The second-order valence-electron chi connectivity index (χ2n) is 14.0. The zero-order valence-electron chi connectivity index (χ0n) is 27.5. The average molecular weight is 672 g/mol. The van der Waals surface area contributed by atoms with Crippen molar-refractivity contribution >= 4 is 45.2 Å². The van der Waals surface area contributed by atoms with Crippen LogP contribution in [-0.4, -0.2) is 93.9 Å². The molecule has 0 aliphatic carbocycles. The maximum atomic E-state index is 16.8. The molecule has 2 aromatic heterocycles. The van der Waals surface area contributed by atoms with E-state index in [0.29, 0.717) is 53.4 Å². The Morgan fingerprint density at radius 1 is 1.10 bits per heavy atom. The van der Waals surface area contributed by atoms with Crippen LogP contribution in [0, 0.1) is 12.4 Å².